The summed E-state index contributed by atoms with van der Waals surface area (Å²) >= 11 is 2.77. The van der Waals surface area contributed by atoms with Crippen LogP contribution in [-0.2, 0) is 45.3 Å². The van der Waals surface area contributed by atoms with Gasteiger partial charge in [0.05, 0.1) is 47.6 Å². The second kappa shape index (κ2) is 26.3. The van der Waals surface area contributed by atoms with Gasteiger partial charge in [-0.2, -0.15) is 0 Å². The summed E-state index contributed by atoms with van der Waals surface area (Å²) in [5, 5.41) is 30.8. The molecular formula is C62H62FN7O10S2. The van der Waals surface area contributed by atoms with Crippen LogP contribution in [0.25, 0.3) is 10.4 Å². The van der Waals surface area contributed by atoms with Crippen LogP contribution in [0.15, 0.2) is 126 Å². The van der Waals surface area contributed by atoms with Gasteiger partial charge in [0, 0.05) is 66.4 Å². The van der Waals surface area contributed by atoms with Crippen LogP contribution in [0, 0.1) is 30.5 Å². The Bertz CT molecular complexity index is 3480. The number of aryl methyl sites for hydroxylation is 1. The quantitative estimate of drug-likeness (QED) is 0.0272. The van der Waals surface area contributed by atoms with E-state index < -0.39 is 48.1 Å². The van der Waals surface area contributed by atoms with Gasteiger partial charge in [0.25, 0.3) is 11.8 Å². The molecular weight excluding hydrogens is 1090 g/mol. The van der Waals surface area contributed by atoms with Crippen LogP contribution in [0.4, 0.5) is 9.52 Å². The first kappa shape index (κ1) is 57.2. The van der Waals surface area contributed by atoms with Gasteiger partial charge in [-0.05, 0) is 71.5 Å². The topological polar surface area (TPSA) is 205 Å². The van der Waals surface area contributed by atoms with E-state index in [4.69, 9.17) is 18.9 Å². The number of thiazole rings is 2. The Morgan fingerprint density at radius 1 is 0.841 bits per heavy atom. The molecule has 424 valence electrons. The van der Waals surface area contributed by atoms with E-state index in [9.17, 15) is 29.4 Å². The standard InChI is InChI=1S/C62H62FN7O10S2/c1-38(2)54(69-33-44-13-7-8-17-48(44)59(69)74)61(76)68-35-47(71)31-50(68)57(72)65-32-43-19-18-42(56-39(3)66-37-82-56)29-52(43)79-27-26-78-25-24-77-23-10-16-41-14-9-15-45-34-70(60(75)53(41)45)55(58(73)67-62-64-22-28-81-62)49-30-46(63)20-21-51(49)80-36-40-11-5-4-6-12-40/h4-9,11-15,17-22,28-30,37-38,47,50,54-55,58,71,73H,23-27,31-36H2,1-3H3,(H,64,67)(H,65,72)/t47-,50+,54+,55?,58?/m1/s1. The number of amides is 4. The highest BCUT2D eigenvalue weighted by atomic mass is 32.1. The van der Waals surface area contributed by atoms with Gasteiger partial charge in [-0.1, -0.05) is 98.5 Å². The number of fused-ring (bicyclic) bond motifs is 2. The number of ether oxygens (including phenoxy) is 4. The van der Waals surface area contributed by atoms with Crippen LogP contribution in [-0.4, -0.2) is 123 Å². The molecule has 3 aliphatic rings. The van der Waals surface area contributed by atoms with Crippen molar-refractivity contribution in [3.63, 3.8) is 0 Å². The summed E-state index contributed by atoms with van der Waals surface area (Å²) in [7, 11) is 0. The molecule has 5 heterocycles. The van der Waals surface area contributed by atoms with Gasteiger partial charge in [-0.25, -0.2) is 14.4 Å². The highest BCUT2D eigenvalue weighted by molar-refractivity contribution is 7.13. The average molecular weight is 1150 g/mol. The summed E-state index contributed by atoms with van der Waals surface area (Å²) < 4.78 is 39.3. The van der Waals surface area contributed by atoms with Crippen molar-refractivity contribution in [1.29, 1.82) is 0 Å². The van der Waals surface area contributed by atoms with E-state index in [-0.39, 0.29) is 95.5 Å². The number of rotatable bonds is 23. The molecule has 17 nitrogen and oxygen atoms in total. The van der Waals surface area contributed by atoms with E-state index in [2.05, 4.69) is 32.4 Å². The Morgan fingerprint density at radius 3 is 2.40 bits per heavy atom. The molecule has 0 radical (unpaired) electrons. The van der Waals surface area contributed by atoms with E-state index in [0.29, 0.717) is 44.4 Å². The Labute approximate surface area is 482 Å². The molecule has 0 spiro atoms. The molecule has 0 bridgehead atoms. The lowest BCUT2D eigenvalue weighted by Gasteiger charge is -2.35. The van der Waals surface area contributed by atoms with E-state index >= 15 is 4.39 Å². The van der Waals surface area contributed by atoms with Gasteiger partial charge in [-0.15, -0.1) is 22.7 Å². The van der Waals surface area contributed by atoms with Crippen molar-refractivity contribution in [3.8, 4) is 33.8 Å². The number of carbonyl (C=O) groups is 4. The number of aliphatic hydroxyl groups is 2. The molecule has 5 atom stereocenters. The lowest BCUT2D eigenvalue weighted by Crippen LogP contribution is -2.55. The van der Waals surface area contributed by atoms with Crippen molar-refractivity contribution in [2.75, 3.05) is 44.9 Å². The van der Waals surface area contributed by atoms with Gasteiger partial charge >= 0.3 is 0 Å². The first-order chi connectivity index (χ1) is 39.8. The Morgan fingerprint density at radius 2 is 1.62 bits per heavy atom. The summed E-state index contributed by atoms with van der Waals surface area (Å²) in [6, 6.07) is 29.1. The first-order valence-electron chi connectivity index (χ1n) is 27.0. The van der Waals surface area contributed by atoms with Gasteiger partial charge in [0.1, 0.15) is 55.3 Å². The van der Waals surface area contributed by atoms with Crippen molar-refractivity contribution in [3.05, 3.63) is 182 Å². The molecule has 0 saturated carbocycles. The molecule has 4 amide bonds. The van der Waals surface area contributed by atoms with Crippen molar-refractivity contribution >= 4 is 51.4 Å². The van der Waals surface area contributed by atoms with Crippen LogP contribution >= 0.6 is 22.7 Å². The van der Waals surface area contributed by atoms with Crippen molar-refractivity contribution < 1.29 is 52.7 Å². The van der Waals surface area contributed by atoms with Gasteiger partial charge < -0.3 is 54.5 Å². The minimum absolute atomic E-state index is 0.0289. The third-order valence-corrected chi connectivity index (χ3v) is 16.2. The number of benzene rings is 5. The maximum atomic E-state index is 15.1. The summed E-state index contributed by atoms with van der Waals surface area (Å²) in [6.45, 7) is 7.17. The number of halogens is 1. The molecule has 7 aromatic rings. The minimum Gasteiger partial charge on any atom is -0.491 e. The molecule has 2 aromatic heterocycles. The second-order valence-electron chi connectivity index (χ2n) is 20.4. The highest BCUT2D eigenvalue weighted by Gasteiger charge is 2.46. The number of hydrogen-bond donors (Lipinski definition) is 4. The van der Waals surface area contributed by atoms with Crippen LogP contribution in [0.5, 0.6) is 11.5 Å². The number of nitrogens with zero attached hydrogens (tertiary/aromatic N) is 5. The lowest BCUT2D eigenvalue weighted by atomic mass is 10.0. The molecule has 20 heteroatoms. The fraction of sp³-hybridized carbons (Fsp3) is 0.323. The normalized spacial score (nSPS) is 16.6. The molecule has 2 unspecified atom stereocenters. The predicted octanol–water partition coefficient (Wildman–Crippen LogP) is 8.14. The zero-order valence-corrected chi connectivity index (χ0v) is 47.1. The summed E-state index contributed by atoms with van der Waals surface area (Å²) in [6.07, 6.45) is -0.675. The van der Waals surface area contributed by atoms with Gasteiger partial charge in [0.15, 0.2) is 11.4 Å². The van der Waals surface area contributed by atoms with E-state index in [1.54, 1.807) is 40.2 Å². The zero-order chi connectivity index (χ0) is 57.3. The Hall–Kier alpha value is -8.03. The Balaban J connectivity index is 0.733. The van der Waals surface area contributed by atoms with Crippen molar-refractivity contribution in [1.82, 2.24) is 30.0 Å². The van der Waals surface area contributed by atoms with Gasteiger partial charge in [-0.3, -0.25) is 19.2 Å². The van der Waals surface area contributed by atoms with E-state index in [1.165, 1.54) is 50.7 Å². The van der Waals surface area contributed by atoms with Crippen LogP contribution < -0.4 is 20.1 Å². The highest BCUT2D eigenvalue weighted by Crippen LogP contribution is 2.40. The maximum absolute atomic E-state index is 15.1. The largest absolute Gasteiger partial charge is 0.491 e. The molecule has 5 aromatic carbocycles. The summed E-state index contributed by atoms with van der Waals surface area (Å²) in [5.41, 5.74) is 8.32. The minimum atomic E-state index is -1.41. The smallest absolute Gasteiger partial charge is 0.256 e. The number of carbonyl (C=O) groups excluding carboxylic acids is 4. The molecule has 1 saturated heterocycles. The molecule has 1 fully saturated rings. The lowest BCUT2D eigenvalue weighted by molar-refractivity contribution is -0.143. The predicted molar refractivity (Wildman–Crippen MR) is 307 cm³/mol. The molecule has 3 aliphatic heterocycles. The summed E-state index contributed by atoms with van der Waals surface area (Å²) in [4.78, 5) is 70.4. The number of nitrogens with one attached hydrogen (secondary N) is 2. The zero-order valence-electron chi connectivity index (χ0n) is 45.5. The van der Waals surface area contributed by atoms with Crippen LogP contribution in [0.1, 0.15) is 86.1 Å². The fourth-order valence-electron chi connectivity index (χ4n) is 10.6. The maximum Gasteiger partial charge on any atom is 0.256 e. The molecule has 0 aliphatic carbocycles. The third-order valence-electron chi connectivity index (χ3n) is 14.5. The van der Waals surface area contributed by atoms with Gasteiger partial charge in [0.2, 0.25) is 11.8 Å². The fourth-order valence-corrected chi connectivity index (χ4v) is 12.0. The number of anilines is 1. The Kier molecular flexibility index (Phi) is 18.3. The SMILES string of the molecule is Cc1ncsc1-c1ccc(CNC(=O)[C@@H]2C[C@@H](O)CN2C(=O)[C@H](C(C)C)N2Cc3ccccc3C2=O)c(OCCOCCOCC#Cc2cccc3c2C(=O)N(C(c2cc(F)ccc2OCc2ccccc2)C(O)Nc2nccs2)C3)c1. The number of β-amino-alcohol motifs (C(OH)–C–C–N with tert-alkyl or cyclic N) is 1. The number of hydrogen-bond acceptors (Lipinski definition) is 15. The molecule has 82 heavy (non-hydrogen) atoms. The van der Waals surface area contributed by atoms with E-state index in [1.807, 2.05) is 93.6 Å². The number of aliphatic hydroxyl groups excluding tert-OH is 2. The van der Waals surface area contributed by atoms with Crippen molar-refractivity contribution in [2.45, 2.75) is 83.9 Å². The molecule has 10 rings (SSSR count). The van der Waals surface area contributed by atoms with Crippen molar-refractivity contribution in [2.24, 2.45) is 5.92 Å². The number of likely N-dealkylation sites (tertiary alicyclic amines) is 1. The first-order valence-corrected chi connectivity index (χ1v) is 28.8. The second-order valence-corrected chi connectivity index (χ2v) is 22.1. The third kappa shape index (κ3) is 13.0. The van der Waals surface area contributed by atoms with Crippen LogP contribution in [0.3, 0.4) is 0 Å². The van der Waals surface area contributed by atoms with Crippen LogP contribution in [0.2, 0.25) is 0 Å². The number of aromatic nitrogens is 2. The molecule has 4 N–H and O–H groups in total. The summed E-state index contributed by atoms with van der Waals surface area (Å²) in [5.74, 6) is 4.68. The van der Waals surface area contributed by atoms with E-state index in [0.717, 1.165) is 27.3 Å². The average Bonchev–Trinajstić information content (AvgIpc) is 4.38. The monoisotopic (exact) mass is 1150 g/mol.